The molecule has 0 aliphatic carbocycles. The van der Waals surface area contributed by atoms with E-state index in [1.165, 1.54) is 9.13 Å². The van der Waals surface area contributed by atoms with Crippen LogP contribution in [0.1, 0.15) is 12.5 Å². The first-order valence-corrected chi connectivity index (χ1v) is 10.8. The highest BCUT2D eigenvalue weighted by atomic mass is 32.2. The van der Waals surface area contributed by atoms with Crippen molar-refractivity contribution >= 4 is 33.7 Å². The summed E-state index contributed by atoms with van der Waals surface area (Å²) in [6.07, 6.45) is 8.54. The number of H-pyrrole nitrogens is 1. The predicted molar refractivity (Wildman–Crippen MR) is 118 cm³/mol. The lowest BCUT2D eigenvalue weighted by Gasteiger charge is -2.12. The molecule has 156 valence electrons. The second-order valence-corrected chi connectivity index (χ2v) is 7.92. The smallest absolute Gasteiger partial charge is 0.293 e. The molecular formula is C21H18FN7OS. The zero-order valence-electron chi connectivity index (χ0n) is 17.0. The number of halogens is 1. The van der Waals surface area contributed by atoms with Crippen molar-refractivity contribution in [3.05, 3.63) is 58.8 Å². The number of hydrogen-bond acceptors (Lipinski definition) is 6. The minimum Gasteiger partial charge on any atom is -0.293 e. The molecule has 0 unspecified atom stereocenters. The number of aromatic amines is 1. The molecule has 1 aromatic carbocycles. The molecule has 8 nitrogen and oxygen atoms in total. The Morgan fingerprint density at radius 2 is 2.03 bits per heavy atom. The Morgan fingerprint density at radius 1 is 1.19 bits per heavy atom. The van der Waals surface area contributed by atoms with E-state index in [2.05, 4.69) is 25.4 Å². The van der Waals surface area contributed by atoms with Gasteiger partial charge in [0.25, 0.3) is 0 Å². The van der Waals surface area contributed by atoms with E-state index in [0.717, 1.165) is 22.0 Å². The fourth-order valence-corrected chi connectivity index (χ4v) is 4.52. The van der Waals surface area contributed by atoms with Crippen molar-refractivity contribution in [2.45, 2.75) is 18.2 Å². The predicted octanol–water partition coefficient (Wildman–Crippen LogP) is 3.48. The summed E-state index contributed by atoms with van der Waals surface area (Å²) < 4.78 is 17.9. The van der Waals surface area contributed by atoms with Gasteiger partial charge in [0.2, 0.25) is 0 Å². The van der Waals surface area contributed by atoms with Gasteiger partial charge in [-0.3, -0.25) is 19.1 Å². The maximum absolute atomic E-state index is 15.0. The van der Waals surface area contributed by atoms with Gasteiger partial charge in [-0.05, 0) is 30.4 Å². The third-order valence-corrected chi connectivity index (χ3v) is 6.23. The van der Waals surface area contributed by atoms with E-state index in [9.17, 15) is 9.18 Å². The molecule has 1 N–H and O–H groups in total. The van der Waals surface area contributed by atoms with Gasteiger partial charge in [-0.1, -0.05) is 6.92 Å². The van der Waals surface area contributed by atoms with E-state index in [0.29, 0.717) is 34.2 Å². The molecule has 31 heavy (non-hydrogen) atoms. The number of rotatable bonds is 4. The van der Waals surface area contributed by atoms with Gasteiger partial charge in [0.15, 0.2) is 5.82 Å². The first-order valence-electron chi connectivity index (χ1n) is 9.62. The molecule has 0 fully saturated rings. The second-order valence-electron chi connectivity index (χ2n) is 7.08. The van der Waals surface area contributed by atoms with E-state index in [-0.39, 0.29) is 11.4 Å². The fourth-order valence-electron chi connectivity index (χ4n) is 3.91. The van der Waals surface area contributed by atoms with E-state index >= 15 is 0 Å². The van der Waals surface area contributed by atoms with Gasteiger partial charge in [0.05, 0.1) is 40.8 Å². The largest absolute Gasteiger partial charge is 0.333 e. The van der Waals surface area contributed by atoms with Crippen LogP contribution in [0.2, 0.25) is 0 Å². The maximum atomic E-state index is 15.0. The summed E-state index contributed by atoms with van der Waals surface area (Å²) in [5, 5.41) is 11.5. The van der Waals surface area contributed by atoms with E-state index < -0.39 is 5.82 Å². The summed E-state index contributed by atoms with van der Waals surface area (Å²) >= 11 is 1.57. The van der Waals surface area contributed by atoms with Gasteiger partial charge < -0.3 is 0 Å². The zero-order chi connectivity index (χ0) is 21.7. The van der Waals surface area contributed by atoms with Gasteiger partial charge in [0.1, 0.15) is 5.69 Å². The number of nitrogens with one attached hydrogen (secondary N) is 1. The van der Waals surface area contributed by atoms with Crippen LogP contribution in [-0.2, 0) is 13.5 Å². The highest BCUT2D eigenvalue weighted by molar-refractivity contribution is 7.98. The number of fused-ring (bicyclic) bond motifs is 3. The summed E-state index contributed by atoms with van der Waals surface area (Å²) in [6.45, 7) is 1.91. The van der Waals surface area contributed by atoms with E-state index in [4.69, 9.17) is 0 Å². The molecule has 4 aromatic heterocycles. The first-order chi connectivity index (χ1) is 15.0. The monoisotopic (exact) mass is 435 g/mol. The number of hydrogen-bond donors (Lipinski definition) is 1. The van der Waals surface area contributed by atoms with Crippen LogP contribution in [0, 0.1) is 5.82 Å². The molecule has 0 aliphatic rings. The van der Waals surface area contributed by atoms with Crippen molar-refractivity contribution in [1.29, 1.82) is 0 Å². The van der Waals surface area contributed by atoms with Gasteiger partial charge in [-0.15, -0.1) is 11.8 Å². The van der Waals surface area contributed by atoms with Crippen molar-refractivity contribution in [1.82, 2.24) is 34.5 Å². The molecule has 4 heterocycles. The molecule has 0 atom stereocenters. The molecule has 5 aromatic rings. The topological polar surface area (TPSA) is 94.3 Å². The summed E-state index contributed by atoms with van der Waals surface area (Å²) in [7, 11) is 1.66. The SMILES string of the molecule is CCc1cncc(F)c1-n1c(=O)n(C)c2cnc3cc(SC)c(-c4cn[nH]n4)cc3c21. The summed E-state index contributed by atoms with van der Waals surface area (Å²) in [5.41, 5.74) is 3.97. The van der Waals surface area contributed by atoms with Gasteiger partial charge in [0, 0.05) is 29.1 Å². The van der Waals surface area contributed by atoms with Gasteiger partial charge >= 0.3 is 5.69 Å². The number of thioether (sulfide) groups is 1. The summed E-state index contributed by atoms with van der Waals surface area (Å²) in [5.74, 6) is -0.545. The van der Waals surface area contributed by atoms with E-state index in [1.54, 1.807) is 37.4 Å². The van der Waals surface area contributed by atoms with Crippen LogP contribution in [0.3, 0.4) is 0 Å². The summed E-state index contributed by atoms with van der Waals surface area (Å²) in [4.78, 5) is 22.8. The molecule has 0 radical (unpaired) electrons. The number of aryl methyl sites for hydroxylation is 2. The lowest BCUT2D eigenvalue weighted by atomic mass is 10.1. The van der Waals surface area contributed by atoms with Crippen LogP contribution in [0.25, 0.3) is 38.9 Å². The standard InChI is InChI=1S/C21H18FN7OS/c1-4-11-7-23-8-14(22)19(11)29-20-13-5-12(16-9-25-27-26-16)18(31-3)6-15(13)24-10-17(20)28(2)21(29)30/h5-10H,4H2,1-3H3,(H,25,26,27). The Morgan fingerprint density at radius 3 is 2.74 bits per heavy atom. The normalized spacial score (nSPS) is 11.6. The van der Waals surface area contributed by atoms with Crippen molar-refractivity contribution in [2.24, 2.45) is 7.05 Å². The third-order valence-electron chi connectivity index (χ3n) is 5.45. The average molecular weight is 435 g/mol. The molecule has 0 aliphatic heterocycles. The Hall–Kier alpha value is -3.53. The highest BCUT2D eigenvalue weighted by Crippen LogP contribution is 2.35. The molecule has 10 heteroatoms. The highest BCUT2D eigenvalue weighted by Gasteiger charge is 2.22. The quantitative estimate of drug-likeness (QED) is 0.435. The van der Waals surface area contributed by atoms with E-state index in [1.807, 2.05) is 25.3 Å². The van der Waals surface area contributed by atoms with Crippen LogP contribution in [0.15, 0.2) is 46.6 Å². The van der Waals surface area contributed by atoms with Crippen molar-refractivity contribution in [3.63, 3.8) is 0 Å². The van der Waals surface area contributed by atoms with Crippen LogP contribution in [0.4, 0.5) is 4.39 Å². The molecular weight excluding hydrogens is 417 g/mol. The van der Waals surface area contributed by atoms with Crippen LogP contribution >= 0.6 is 11.8 Å². The van der Waals surface area contributed by atoms with Crippen molar-refractivity contribution < 1.29 is 4.39 Å². The maximum Gasteiger partial charge on any atom is 0.333 e. The van der Waals surface area contributed by atoms with Crippen molar-refractivity contribution in [2.75, 3.05) is 6.26 Å². The third kappa shape index (κ3) is 2.86. The Bertz CT molecular complexity index is 1500. The number of aromatic nitrogens is 7. The molecule has 0 spiro atoms. The lowest BCUT2D eigenvalue weighted by molar-refractivity contribution is 0.606. The molecule has 0 bridgehead atoms. The molecule has 0 saturated carbocycles. The number of imidazole rings is 1. The minimum atomic E-state index is -0.545. The Kier molecular flexibility index (Phi) is 4.58. The molecule has 0 saturated heterocycles. The van der Waals surface area contributed by atoms with Gasteiger partial charge in [-0.2, -0.15) is 15.4 Å². The first kappa shape index (κ1) is 19.4. The summed E-state index contributed by atoms with van der Waals surface area (Å²) in [6, 6.07) is 3.89. The van der Waals surface area contributed by atoms with Crippen LogP contribution < -0.4 is 5.69 Å². The van der Waals surface area contributed by atoms with Crippen molar-refractivity contribution in [3.8, 4) is 16.9 Å². The molecule has 0 amide bonds. The lowest BCUT2D eigenvalue weighted by Crippen LogP contribution is -2.22. The average Bonchev–Trinajstić information content (AvgIpc) is 3.40. The van der Waals surface area contributed by atoms with Crippen LogP contribution in [-0.4, -0.2) is 40.8 Å². The Balaban J connectivity index is 1.98. The number of benzene rings is 1. The number of pyridine rings is 2. The second kappa shape index (κ2) is 7.31. The minimum absolute atomic E-state index is 0.220. The van der Waals surface area contributed by atoms with Crippen LogP contribution in [0.5, 0.6) is 0 Å². The Labute approximate surface area is 180 Å². The zero-order valence-corrected chi connectivity index (χ0v) is 17.9. The fraction of sp³-hybridized carbons (Fsp3) is 0.190. The van der Waals surface area contributed by atoms with Gasteiger partial charge in [-0.25, -0.2) is 9.18 Å². The number of nitrogens with zero attached hydrogens (tertiary/aromatic N) is 6. The molecule has 5 rings (SSSR count).